The van der Waals surface area contributed by atoms with Gasteiger partial charge < -0.3 is 0 Å². The minimum Gasteiger partial charge on any atom is -0.263 e. The summed E-state index contributed by atoms with van der Waals surface area (Å²) in [6.07, 6.45) is 7.11. The lowest BCUT2D eigenvalue weighted by molar-refractivity contribution is 0.256. The first-order valence-corrected chi connectivity index (χ1v) is 9.96. The quantitative estimate of drug-likeness (QED) is 0.835. The van der Waals surface area contributed by atoms with E-state index in [0.29, 0.717) is 23.9 Å². The molecule has 0 saturated carbocycles. The second kappa shape index (κ2) is 7.45. The van der Waals surface area contributed by atoms with Gasteiger partial charge in [0, 0.05) is 25.5 Å². The number of benzene rings is 1. The molecule has 0 bridgehead atoms. The fraction of sp³-hybridized carbons (Fsp3) is 0.421. The molecule has 2 aromatic rings. The van der Waals surface area contributed by atoms with Crippen LogP contribution in [0.1, 0.15) is 30.4 Å². The highest BCUT2D eigenvalue weighted by Crippen LogP contribution is 2.26. The minimum absolute atomic E-state index is 0.296. The van der Waals surface area contributed by atoms with E-state index in [1.165, 1.54) is 17.3 Å². The molecule has 0 N–H and O–H groups in total. The summed E-state index contributed by atoms with van der Waals surface area (Å²) in [5, 5.41) is 0. The molecule has 1 aliphatic rings. The molecule has 1 fully saturated rings. The number of hydrogen-bond donors (Lipinski definition) is 0. The van der Waals surface area contributed by atoms with Crippen LogP contribution in [0.4, 0.5) is 0 Å². The molecular weight excluding hydrogens is 320 g/mol. The van der Waals surface area contributed by atoms with Gasteiger partial charge in [-0.1, -0.05) is 24.3 Å². The Labute approximate surface area is 144 Å². The van der Waals surface area contributed by atoms with Crippen LogP contribution in [0.15, 0.2) is 53.7 Å². The first kappa shape index (κ1) is 17.1. The van der Waals surface area contributed by atoms with Crippen molar-refractivity contribution in [2.75, 3.05) is 13.1 Å². The molecule has 0 amide bonds. The van der Waals surface area contributed by atoms with Crippen molar-refractivity contribution in [1.29, 1.82) is 0 Å². The average molecular weight is 344 g/mol. The van der Waals surface area contributed by atoms with E-state index in [9.17, 15) is 8.42 Å². The number of hydrogen-bond acceptors (Lipinski definition) is 3. The normalized spacial score (nSPS) is 19.3. The van der Waals surface area contributed by atoms with Gasteiger partial charge in [0.2, 0.25) is 10.0 Å². The van der Waals surface area contributed by atoms with Crippen molar-refractivity contribution in [3.8, 4) is 0 Å². The molecule has 3 rings (SSSR count). The third kappa shape index (κ3) is 3.84. The molecule has 2 heterocycles. The molecule has 1 saturated heterocycles. The van der Waals surface area contributed by atoms with E-state index in [1.54, 1.807) is 22.6 Å². The summed E-state index contributed by atoms with van der Waals surface area (Å²) < 4.78 is 27.1. The van der Waals surface area contributed by atoms with Crippen molar-refractivity contribution >= 4 is 10.0 Å². The number of piperidine rings is 1. The highest BCUT2D eigenvalue weighted by Gasteiger charge is 2.30. The highest BCUT2D eigenvalue weighted by molar-refractivity contribution is 7.89. The molecular formula is C19H24N2O2S. The van der Waals surface area contributed by atoms with Crippen LogP contribution < -0.4 is 0 Å². The summed E-state index contributed by atoms with van der Waals surface area (Å²) in [6.45, 7) is 3.36. The highest BCUT2D eigenvalue weighted by atomic mass is 32.2. The van der Waals surface area contributed by atoms with Gasteiger partial charge in [0.25, 0.3) is 0 Å². The maximum absolute atomic E-state index is 12.7. The predicted octanol–water partition coefficient (Wildman–Crippen LogP) is 3.42. The van der Waals surface area contributed by atoms with Crippen molar-refractivity contribution in [2.45, 2.75) is 37.5 Å². The van der Waals surface area contributed by atoms with Gasteiger partial charge in [0.15, 0.2) is 0 Å². The van der Waals surface area contributed by atoms with E-state index >= 15 is 0 Å². The molecule has 0 unspecified atom stereocenters. The molecule has 0 spiro atoms. The van der Waals surface area contributed by atoms with Crippen molar-refractivity contribution in [2.24, 2.45) is 5.92 Å². The Hall–Kier alpha value is -1.72. The van der Waals surface area contributed by atoms with Crippen molar-refractivity contribution in [3.63, 3.8) is 0 Å². The Morgan fingerprint density at radius 2 is 2.04 bits per heavy atom. The van der Waals surface area contributed by atoms with Gasteiger partial charge in [-0.05, 0) is 61.8 Å². The molecule has 1 aliphatic heterocycles. The second-order valence-electron chi connectivity index (χ2n) is 6.53. The fourth-order valence-electron chi connectivity index (χ4n) is 3.38. The molecule has 128 valence electrons. The van der Waals surface area contributed by atoms with Crippen LogP contribution in [-0.4, -0.2) is 30.8 Å². The lowest BCUT2D eigenvalue weighted by Crippen LogP contribution is -2.40. The summed E-state index contributed by atoms with van der Waals surface area (Å²) in [5.41, 5.74) is 2.68. The number of rotatable bonds is 5. The predicted molar refractivity (Wildman–Crippen MR) is 95.2 cm³/mol. The number of aromatic nitrogens is 1. The maximum Gasteiger partial charge on any atom is 0.244 e. The van der Waals surface area contributed by atoms with E-state index in [4.69, 9.17) is 0 Å². The van der Waals surface area contributed by atoms with Gasteiger partial charge in [-0.25, -0.2) is 8.42 Å². The van der Waals surface area contributed by atoms with E-state index in [1.807, 2.05) is 0 Å². The second-order valence-corrected chi connectivity index (χ2v) is 8.46. The van der Waals surface area contributed by atoms with Gasteiger partial charge >= 0.3 is 0 Å². The summed E-state index contributed by atoms with van der Waals surface area (Å²) in [6, 6.07) is 11.7. The molecule has 1 aromatic carbocycles. The van der Waals surface area contributed by atoms with Gasteiger partial charge in [-0.15, -0.1) is 0 Å². The van der Waals surface area contributed by atoms with Crippen molar-refractivity contribution in [3.05, 3.63) is 59.9 Å². The van der Waals surface area contributed by atoms with Gasteiger partial charge in [-0.2, -0.15) is 4.31 Å². The fourth-order valence-corrected chi connectivity index (χ4v) is 4.90. The third-order valence-electron chi connectivity index (χ3n) is 4.84. The zero-order valence-corrected chi connectivity index (χ0v) is 14.9. The summed E-state index contributed by atoms with van der Waals surface area (Å²) in [5.74, 6) is 0.421. The van der Waals surface area contributed by atoms with E-state index in [0.717, 1.165) is 25.7 Å². The Bertz CT molecular complexity index is 775. The van der Waals surface area contributed by atoms with E-state index in [2.05, 4.69) is 36.2 Å². The summed E-state index contributed by atoms with van der Waals surface area (Å²) in [7, 11) is -3.42. The van der Waals surface area contributed by atoms with Crippen LogP contribution in [0.5, 0.6) is 0 Å². The largest absolute Gasteiger partial charge is 0.263 e. The molecule has 0 aliphatic carbocycles. The molecule has 4 nitrogen and oxygen atoms in total. The van der Waals surface area contributed by atoms with Crippen LogP contribution >= 0.6 is 0 Å². The monoisotopic (exact) mass is 344 g/mol. The lowest BCUT2D eigenvalue weighted by Gasteiger charge is -2.32. The SMILES string of the molecule is Cc1ccccc1CC[C@H]1CCCN(S(=O)(=O)c2cccnc2)C1. The van der Waals surface area contributed by atoms with Gasteiger partial charge in [0.1, 0.15) is 4.90 Å². The maximum atomic E-state index is 12.7. The molecule has 0 radical (unpaired) electrons. The zero-order chi connectivity index (χ0) is 17.0. The number of aryl methyl sites for hydroxylation is 2. The zero-order valence-electron chi connectivity index (χ0n) is 14.1. The average Bonchev–Trinajstić information content (AvgIpc) is 2.62. The molecule has 5 heteroatoms. The Balaban J connectivity index is 1.65. The van der Waals surface area contributed by atoms with Gasteiger partial charge in [0.05, 0.1) is 0 Å². The van der Waals surface area contributed by atoms with Crippen LogP contribution in [0.3, 0.4) is 0 Å². The van der Waals surface area contributed by atoms with Crippen LogP contribution in [-0.2, 0) is 16.4 Å². The smallest absolute Gasteiger partial charge is 0.244 e. The Morgan fingerprint density at radius 3 is 2.79 bits per heavy atom. The molecule has 1 aromatic heterocycles. The topological polar surface area (TPSA) is 50.3 Å². The summed E-state index contributed by atoms with van der Waals surface area (Å²) in [4.78, 5) is 4.24. The standard InChI is InChI=1S/C19H24N2O2S/c1-16-6-2-3-8-18(16)11-10-17-7-5-13-21(15-17)24(22,23)19-9-4-12-20-14-19/h2-4,6,8-9,12,14,17H,5,7,10-11,13,15H2,1H3/t17-/m1/s1. The summed E-state index contributed by atoms with van der Waals surface area (Å²) >= 11 is 0. The van der Waals surface area contributed by atoms with Crippen LogP contribution in [0.25, 0.3) is 0 Å². The molecule has 1 atom stereocenters. The molecule has 24 heavy (non-hydrogen) atoms. The number of sulfonamides is 1. The van der Waals surface area contributed by atoms with Crippen LogP contribution in [0, 0.1) is 12.8 Å². The van der Waals surface area contributed by atoms with E-state index < -0.39 is 10.0 Å². The number of pyridine rings is 1. The minimum atomic E-state index is -3.42. The van der Waals surface area contributed by atoms with Crippen LogP contribution in [0.2, 0.25) is 0 Å². The number of nitrogens with zero attached hydrogens (tertiary/aromatic N) is 2. The van der Waals surface area contributed by atoms with Gasteiger partial charge in [-0.3, -0.25) is 4.98 Å². The van der Waals surface area contributed by atoms with Crippen molar-refractivity contribution < 1.29 is 8.42 Å². The lowest BCUT2D eigenvalue weighted by atomic mass is 9.91. The first-order valence-electron chi connectivity index (χ1n) is 8.52. The first-order chi connectivity index (χ1) is 11.6. The Kier molecular flexibility index (Phi) is 5.31. The third-order valence-corrected chi connectivity index (χ3v) is 6.69. The van der Waals surface area contributed by atoms with E-state index in [-0.39, 0.29) is 0 Å². The van der Waals surface area contributed by atoms with Crippen molar-refractivity contribution in [1.82, 2.24) is 9.29 Å². The Morgan fingerprint density at radius 1 is 1.21 bits per heavy atom.